The van der Waals surface area contributed by atoms with E-state index in [-0.39, 0.29) is 63.2 Å². The zero-order valence-corrected chi connectivity index (χ0v) is 90.8. The number of pyridine rings is 6. The smallest absolute Gasteiger partial charge is 0.455 e. The van der Waals surface area contributed by atoms with E-state index in [0.29, 0.717) is 0 Å². The van der Waals surface area contributed by atoms with E-state index in [1.54, 1.807) is 0 Å². The van der Waals surface area contributed by atoms with Crippen molar-refractivity contribution in [2.45, 2.75) is 40.4 Å². The van der Waals surface area contributed by atoms with Gasteiger partial charge in [-0.3, -0.25) is 0 Å². The number of fused-ring (bicyclic) bond motifs is 7. The molecule has 0 spiro atoms. The topological polar surface area (TPSA) is 100 Å². The Morgan fingerprint density at radius 3 is 0.820 bits per heavy atom. The molecule has 7 heterocycles. The van der Waals surface area contributed by atoms with Crippen molar-refractivity contribution in [1.82, 2.24) is 29.9 Å². The Kier molecular flexibility index (Phi) is 30.2. The molecule has 150 heavy (non-hydrogen) atoms. The zero-order chi connectivity index (χ0) is 99.3. The van der Waals surface area contributed by atoms with Gasteiger partial charge in [0.25, 0.3) is 0 Å². The Hall–Kier alpha value is -16.6. The minimum Gasteiger partial charge on any atom is -0.455 e. The van der Waals surface area contributed by atoms with Gasteiger partial charge in [0.15, 0.2) is 5.58 Å². The molecule has 0 atom stereocenters. The number of hydrogen-bond donors (Lipinski definition) is 0. The molecule has 14 heteroatoms. The molecule has 0 aliphatic heterocycles. The molecular formula is C136H97N9OPt3Si. The van der Waals surface area contributed by atoms with Crippen molar-refractivity contribution in [3.63, 3.8) is 0 Å². The fourth-order valence-corrected chi connectivity index (χ4v) is 21.1. The Balaban J connectivity index is 0.000000135. The Labute approximate surface area is 919 Å². The third kappa shape index (κ3) is 21.2. The minimum absolute atomic E-state index is 0. The van der Waals surface area contributed by atoms with Crippen LogP contribution < -0.4 is 19.9 Å². The molecule has 10 nitrogen and oxygen atoms in total. The molecule has 0 radical (unpaired) electrons. The van der Waals surface area contributed by atoms with E-state index in [1.165, 1.54) is 54.9 Å². The van der Waals surface area contributed by atoms with Crippen LogP contribution in [0.3, 0.4) is 0 Å². The second-order valence-corrected chi connectivity index (χ2v) is 42.8. The maximum Gasteiger partial charge on any atom is 2.00 e. The number of para-hydroxylation sites is 1. The number of hydrogen-bond acceptors (Lipinski definition) is 10. The predicted octanol–water partition coefficient (Wildman–Crippen LogP) is 35.3. The number of aryl methyl sites for hydroxylation is 3. The first-order valence-corrected chi connectivity index (χ1v) is 53.0. The number of anilines is 9. The molecule has 0 aliphatic rings. The third-order valence-electron chi connectivity index (χ3n) is 27.1. The van der Waals surface area contributed by atoms with Gasteiger partial charge >= 0.3 is 63.2 Å². The summed E-state index contributed by atoms with van der Waals surface area (Å²) in [5.74, 6) is 0. The Morgan fingerprint density at radius 2 is 0.467 bits per heavy atom. The molecule has 7 aromatic heterocycles. The van der Waals surface area contributed by atoms with Gasteiger partial charge in [0.1, 0.15) is 5.58 Å². The van der Waals surface area contributed by atoms with Gasteiger partial charge in [0.05, 0.1) is 31.3 Å². The van der Waals surface area contributed by atoms with Crippen LogP contribution in [0.4, 0.5) is 51.2 Å². The third-order valence-corrected chi connectivity index (χ3v) is 29.1. The summed E-state index contributed by atoms with van der Waals surface area (Å²) in [6, 6.07) is 176. The number of aromatic nitrogens is 6. The van der Waals surface area contributed by atoms with Crippen molar-refractivity contribution in [2.24, 2.45) is 0 Å². The van der Waals surface area contributed by atoms with Crippen molar-refractivity contribution < 1.29 is 67.6 Å². The maximum atomic E-state index is 6.06. The molecule has 0 saturated carbocycles. The summed E-state index contributed by atoms with van der Waals surface area (Å²) in [5, 5.41) is 12.6. The molecule has 0 fully saturated rings. The zero-order valence-electron chi connectivity index (χ0n) is 83.0. The summed E-state index contributed by atoms with van der Waals surface area (Å²) in [4.78, 5) is 36.0. The van der Waals surface area contributed by atoms with Crippen LogP contribution in [-0.2, 0) is 63.2 Å². The van der Waals surface area contributed by atoms with Gasteiger partial charge in [0.2, 0.25) is 0 Å². The van der Waals surface area contributed by atoms with Gasteiger partial charge in [-0.15, -0.1) is 179 Å². The molecular weight excluding hydrogens is 2390 g/mol. The molecule has 0 unspecified atom stereocenters. The van der Waals surface area contributed by atoms with Gasteiger partial charge in [-0.1, -0.05) is 329 Å². The van der Waals surface area contributed by atoms with Crippen LogP contribution >= 0.6 is 0 Å². The summed E-state index contributed by atoms with van der Waals surface area (Å²) < 4.78 is 6.06. The summed E-state index contributed by atoms with van der Waals surface area (Å²) in [7, 11) is -1.68. The molecule has 0 aliphatic carbocycles. The molecule has 726 valence electrons. The molecule has 0 bridgehead atoms. The van der Waals surface area contributed by atoms with Gasteiger partial charge in [-0.05, 0) is 207 Å². The van der Waals surface area contributed by atoms with Crippen LogP contribution in [-0.4, -0.2) is 38.0 Å². The second-order valence-electron chi connectivity index (χ2n) is 37.8. The number of benzene rings is 18. The summed E-state index contributed by atoms with van der Waals surface area (Å²) in [5.41, 5.74) is 33.7. The van der Waals surface area contributed by atoms with Crippen LogP contribution in [0.25, 0.3) is 177 Å². The molecule has 0 N–H and O–H groups in total. The molecule has 0 amide bonds. The number of furan rings is 1. The average molecular weight is 2490 g/mol. The van der Waals surface area contributed by atoms with Crippen molar-refractivity contribution in [3.8, 4) is 112 Å². The van der Waals surface area contributed by atoms with Crippen molar-refractivity contribution in [3.05, 3.63) is 533 Å². The van der Waals surface area contributed by atoms with Gasteiger partial charge in [0, 0.05) is 57.9 Å². The van der Waals surface area contributed by atoms with E-state index in [1.807, 2.05) is 73.4 Å². The van der Waals surface area contributed by atoms with Crippen LogP contribution in [0.5, 0.6) is 0 Å². The van der Waals surface area contributed by atoms with Crippen LogP contribution in [0, 0.1) is 57.2 Å². The molecule has 25 aromatic rings. The van der Waals surface area contributed by atoms with Crippen molar-refractivity contribution >= 4 is 129 Å². The van der Waals surface area contributed by atoms with Crippen molar-refractivity contribution in [2.75, 3.05) is 14.7 Å². The monoisotopic (exact) mass is 2480 g/mol. The Bertz CT molecular complexity index is 9190. The fourth-order valence-electron chi connectivity index (χ4n) is 19.7. The SMILES string of the molecule is Cc1cnc(-c2[c-]c(N(c3[c-]c(-c4cc(-c5ccccc5)c([Si](C)(C)C)cn4)ccc3)c3cccc4ccccc34)ccc2)cc1-c1ccccc1.Cc1cnc(-c2[c-]c(N(c3[c-]c(-c4cc5c(cn4)oc4ccccc45)ccc3)c3cccc4ccccc34)ccc2)cc1-c1ccccc1.Cc1cnc(-c2[c-]c(N(c3[c-]c(-c4cc5ccccc5cn4)ccc3)c3cccc4ccccc34)ccc2)cc1-c1ccccc1.[Pt+2].[Pt+2].[Pt+2]. The standard InChI is InChI=1S/C48H39N3Si.C45H29N3O.C43H29N3.3Pt/c1-34-32-49-45(30-43(34)36-16-7-5-8-17-36)38-22-13-24-40(28-38)51(47-27-15-21-35-20-11-12-26-42(35)47)41-25-14-23-39(29-41)46-31-44(37-18-9-6-10-19-37)48(33-50-46)52(2,3)4;1-30-28-46-41(26-39(30)32-12-3-2-4-13-32)33-16-9-18-35(24-33)48(43-22-11-15-31-14-5-6-20-37(31)43)36-19-10-17-34(25-36)42-27-40-38-21-7-8-23-44(38)49-45(40)29-47-42;1-30-28-44-42(27-40(30)32-12-3-2-4-13-32)35-19-10-21-38(25-35)46(43-23-11-17-31-14-7-8-22-39(31)43)37-20-9-18-34(24-37)41-26-33-15-5-6-16-36(33)29-45-41;;;/h5-27,30-33H,1-4H3;2-23,26-29H,1H3;2-23,26-29H,1H3;;;/q3*-2;3*+2. The van der Waals surface area contributed by atoms with Crippen LogP contribution in [0.2, 0.25) is 19.6 Å². The number of rotatable bonds is 20. The molecule has 18 aromatic carbocycles. The summed E-state index contributed by atoms with van der Waals surface area (Å²) in [6.45, 7) is 13.5. The van der Waals surface area contributed by atoms with Gasteiger partial charge in [-0.25, -0.2) is 0 Å². The average Bonchev–Trinajstić information content (AvgIpc) is 1.02. The largest absolute Gasteiger partial charge is 2.00 e. The van der Waals surface area contributed by atoms with Crippen molar-refractivity contribution in [1.29, 1.82) is 0 Å². The van der Waals surface area contributed by atoms with E-state index in [4.69, 9.17) is 34.3 Å². The summed E-state index contributed by atoms with van der Waals surface area (Å²) >= 11 is 0. The normalized spacial score (nSPS) is 11.1. The van der Waals surface area contributed by atoms with E-state index >= 15 is 0 Å². The van der Waals surface area contributed by atoms with E-state index in [2.05, 4.69) is 498 Å². The van der Waals surface area contributed by atoms with Crippen LogP contribution in [0.15, 0.2) is 484 Å². The van der Waals surface area contributed by atoms with E-state index in [0.717, 1.165) is 195 Å². The molecule has 25 rings (SSSR count). The van der Waals surface area contributed by atoms with E-state index in [9.17, 15) is 0 Å². The van der Waals surface area contributed by atoms with E-state index < -0.39 is 8.07 Å². The van der Waals surface area contributed by atoms with Gasteiger partial charge < -0.3 is 49.0 Å². The fraction of sp³-hybridized carbons (Fsp3) is 0.0441. The Morgan fingerprint density at radius 1 is 0.207 bits per heavy atom. The summed E-state index contributed by atoms with van der Waals surface area (Å²) in [6.07, 6.45) is 11.7. The van der Waals surface area contributed by atoms with Gasteiger partial charge in [-0.2, -0.15) is 0 Å². The first kappa shape index (κ1) is 101. The number of nitrogens with zero attached hydrogens (tertiary/aromatic N) is 9. The minimum atomic E-state index is -1.68. The van der Waals surface area contributed by atoms with Crippen LogP contribution in [0.1, 0.15) is 16.7 Å². The maximum absolute atomic E-state index is 6.06. The first-order valence-electron chi connectivity index (χ1n) is 49.5. The first-order chi connectivity index (χ1) is 72.2. The quantitative estimate of drug-likeness (QED) is 0.0542. The predicted molar refractivity (Wildman–Crippen MR) is 612 cm³/mol. The second kappa shape index (κ2) is 45.0. The molecule has 0 saturated heterocycles.